The van der Waals surface area contributed by atoms with Crippen molar-refractivity contribution >= 4 is 164 Å². The lowest BCUT2D eigenvalue weighted by atomic mass is 9.95. The molecular formula is C50H80N8O64S13. The van der Waals surface area contributed by atoms with Crippen molar-refractivity contribution in [2.45, 2.75) is 219 Å². The molecule has 20 atom stereocenters. The summed E-state index contributed by atoms with van der Waals surface area (Å²) < 4.78 is 561. The first kappa shape index (κ1) is 116. The van der Waals surface area contributed by atoms with E-state index in [0.29, 0.717) is 30.8 Å². The number of nitrogens with one attached hydrogen (secondary N) is 2. The Hall–Kier alpha value is -5.58. The number of fused-ring (bicyclic) bond motifs is 1. The lowest BCUT2D eigenvalue weighted by Crippen LogP contribution is -2.69. The van der Waals surface area contributed by atoms with Crippen molar-refractivity contribution < 1.29 is 275 Å². The Labute approximate surface area is 763 Å². The van der Waals surface area contributed by atoms with Gasteiger partial charge in [-0.2, -0.15) is 109 Å². The first-order valence-electron chi connectivity index (χ1n) is 36.6. The van der Waals surface area contributed by atoms with Crippen molar-refractivity contribution in [2.75, 3.05) is 44.9 Å². The van der Waals surface area contributed by atoms with Gasteiger partial charge >= 0.3 is 141 Å². The van der Waals surface area contributed by atoms with Crippen LogP contribution in [0.4, 0.5) is 11.4 Å². The van der Waals surface area contributed by atoms with E-state index in [-0.39, 0.29) is 67.8 Å². The number of nitrogens with zero attached hydrogens (tertiary/aromatic N) is 6. The Bertz CT molecular complexity index is 6120. The molecule has 15 N–H and O–H groups in total. The minimum atomic E-state index is -6.80. The van der Waals surface area contributed by atoms with E-state index >= 15 is 0 Å². The lowest BCUT2D eigenvalue weighted by Gasteiger charge is -2.50. The average Bonchev–Trinajstić information content (AvgIpc) is 0.785. The number of ether oxygens (including phenoxy) is 8. The van der Waals surface area contributed by atoms with Crippen molar-refractivity contribution in [3.63, 3.8) is 0 Å². The summed E-state index contributed by atoms with van der Waals surface area (Å²) in [6.07, 6.45) is -62.7. The van der Waals surface area contributed by atoms with Crippen LogP contribution in [0.2, 0.25) is 0 Å². The summed E-state index contributed by atoms with van der Waals surface area (Å²) in [7, 11) is -83.8. The number of hydrogen-bond donors (Lipinski definition) is 15. The standard InChI is InChI=1S/C50H80N8O64S13/c59-32(13-9-5-3-1-2-4-7-11-17-57-20-25(53-56-57)19-52-26-14-15-27(58(60)61)34-33(26)54-122-55-34)51-16-10-6-8-12-18-101-47-43(118-132(89,90)91)39(114-128(77,78)79)35(28(106-47)21-102-123(62,63)64)110-48-44(119-133(92,93)94)40(115-129(80,81)82)36(29(107-48)22-103-124(65,66)67)111-49-45(120-134(95,96)97)41(116-130(83,84)85)37(30(108-49)23-104-125(68,69)70)112-50-46(121-135(98,99)100)42(117-131(86,87)88)38(113-127(74,75)76)31(109-50)24-105-126(71,72)73/h14-15,20,28-31,35-50,52H,1-13,16-19,21-24H2,(H,51,59)(H,62,63,64)(H,65,66,67)(H,68,69,70)(H,71,72,73)(H,74,75,76)(H,77,78,79)(H,80,81,82)(H,83,84,85)(H,86,87,88)(H,89,90,91)(H,92,93,94)(H,95,96,97)(H,98,99,100)/t28-,29-,30-,31-,35-,36-,37-,38-,39+,40+,41+,42+,43-,44-,45-,46-,47-,48-,49-,50-/m1/s1. The Morgan fingerprint density at radius 1 is 0.378 bits per heavy atom. The van der Waals surface area contributed by atoms with E-state index in [1.807, 2.05) is 0 Å². The number of aromatic nitrogens is 5. The highest BCUT2D eigenvalue weighted by Crippen LogP contribution is 2.43. The van der Waals surface area contributed by atoms with Gasteiger partial charge < -0.3 is 48.5 Å². The number of carbonyl (C=O) groups is 1. The molecule has 0 radical (unpaired) electrons. The molecule has 135 heavy (non-hydrogen) atoms. The van der Waals surface area contributed by atoms with Gasteiger partial charge in [-0.05, 0) is 42.1 Å². The van der Waals surface area contributed by atoms with Crippen LogP contribution in [-0.2, 0) is 245 Å². The summed E-state index contributed by atoms with van der Waals surface area (Å²) in [5.41, 5.74) is 0.863. The molecule has 0 bridgehead atoms. The minimum Gasteiger partial charge on any atom is -0.377 e. The van der Waals surface area contributed by atoms with Crippen LogP contribution in [0.1, 0.15) is 89.2 Å². The lowest BCUT2D eigenvalue weighted by molar-refractivity contribution is -0.383. The molecule has 1 amide bonds. The van der Waals surface area contributed by atoms with E-state index in [4.69, 9.17) is 37.9 Å². The van der Waals surface area contributed by atoms with Gasteiger partial charge in [0.1, 0.15) is 78.9 Å². The number of aryl methyl sites for hydroxylation is 1. The highest BCUT2D eigenvalue weighted by Gasteiger charge is 2.63. The molecule has 0 unspecified atom stereocenters. The van der Waals surface area contributed by atoms with Crippen LogP contribution in [0.3, 0.4) is 0 Å². The van der Waals surface area contributed by atoms with E-state index < -0.39 is 296 Å². The molecule has 1 aromatic carbocycles. The van der Waals surface area contributed by atoms with Gasteiger partial charge in [-0.3, -0.25) is 78.8 Å². The maximum atomic E-state index is 13.1. The maximum absolute atomic E-state index is 13.1. The third-order valence-electron chi connectivity index (χ3n) is 17.7. The smallest absolute Gasteiger partial charge is 0.377 e. The Balaban J connectivity index is 1.13. The molecule has 72 nitrogen and oxygen atoms in total. The van der Waals surface area contributed by atoms with E-state index in [0.717, 1.165) is 38.5 Å². The van der Waals surface area contributed by atoms with Gasteiger partial charge in [-0.1, -0.05) is 56.6 Å². The summed E-state index contributed by atoms with van der Waals surface area (Å²) in [4.78, 5) is 23.4. The number of benzene rings is 1. The van der Waals surface area contributed by atoms with Crippen molar-refractivity contribution in [2.24, 2.45) is 0 Å². The first-order chi connectivity index (χ1) is 61.7. The van der Waals surface area contributed by atoms with E-state index in [9.17, 15) is 184 Å². The topological polar surface area (TPSA) is 1050 Å². The number of anilines is 1. The monoisotopic (exact) mass is 2230 g/mol. The largest absolute Gasteiger partial charge is 0.397 e. The van der Waals surface area contributed by atoms with Crippen LogP contribution in [0.15, 0.2) is 23.0 Å². The highest BCUT2D eigenvalue weighted by atomic mass is 32.3. The van der Waals surface area contributed by atoms with Crippen molar-refractivity contribution in [1.82, 2.24) is 30.6 Å². The Morgan fingerprint density at radius 2 is 0.689 bits per heavy atom. The first-order valence-corrected chi connectivity index (χ1v) is 54.4. The molecule has 0 aliphatic carbocycles. The predicted molar refractivity (Wildman–Crippen MR) is 412 cm³/mol. The fourth-order valence-corrected chi connectivity index (χ4v) is 18.5. The minimum absolute atomic E-state index is 0.0285. The summed E-state index contributed by atoms with van der Waals surface area (Å²) in [5.74, 6) is -0.333. The number of hydrogen-bond acceptors (Lipinski definition) is 56. The Morgan fingerprint density at radius 3 is 1.06 bits per heavy atom. The molecule has 4 fully saturated rings. The van der Waals surface area contributed by atoms with Gasteiger partial charge in [-0.25, -0.2) is 59.0 Å². The number of nitro benzene ring substituents is 1. The molecule has 2 aromatic heterocycles. The molecule has 3 aromatic rings. The molecule has 6 heterocycles. The van der Waals surface area contributed by atoms with Gasteiger partial charge in [0.2, 0.25) is 11.4 Å². The average molecular weight is 2230 g/mol. The molecule has 0 spiro atoms. The number of unbranched alkanes of at least 4 members (excludes halogenated alkanes) is 10. The molecule has 85 heteroatoms. The summed E-state index contributed by atoms with van der Waals surface area (Å²) >= 11 is 0. The van der Waals surface area contributed by atoms with Crippen LogP contribution in [0.5, 0.6) is 0 Å². The number of non-ortho nitro benzene ring substituents is 1. The van der Waals surface area contributed by atoms with Crippen molar-refractivity contribution in [1.29, 1.82) is 0 Å². The fraction of sp³-hybridized carbons (Fsp3) is 0.820. The molecule has 0 saturated carbocycles. The number of rotatable bonds is 59. The molecule has 4 saturated heterocycles. The normalized spacial score (nSPS) is 27.1. The summed E-state index contributed by atoms with van der Waals surface area (Å²) in [5, 5.41) is 32.7. The molecule has 7 rings (SSSR count). The fourth-order valence-electron chi connectivity index (χ4n) is 12.9. The number of nitro groups is 1. The molecular weight excluding hydrogens is 2150 g/mol. The van der Waals surface area contributed by atoms with Crippen LogP contribution >= 0.6 is 0 Å². The highest BCUT2D eigenvalue weighted by molar-refractivity contribution is 7.83. The van der Waals surface area contributed by atoms with Gasteiger partial charge in [0, 0.05) is 32.2 Å². The zero-order chi connectivity index (χ0) is 101. The summed E-state index contributed by atoms with van der Waals surface area (Å²) in [6, 6.07) is 2.72. The van der Waals surface area contributed by atoms with Crippen molar-refractivity contribution in [3.05, 3.63) is 34.1 Å². The molecule has 4 aliphatic rings. The second-order valence-corrected chi connectivity index (χ2v) is 41.4. The van der Waals surface area contributed by atoms with Gasteiger partial charge in [0.05, 0.1) is 49.8 Å². The number of carbonyl (C=O) groups excluding carboxylic acids is 1. The van der Waals surface area contributed by atoms with Crippen LogP contribution in [-0.4, -0.2) is 367 Å². The second-order valence-electron chi connectivity index (χ2n) is 27.6. The SMILES string of the molecule is O=C(CCCCCCCCCCn1cc(CNc2ccc([N+](=O)[O-])c3nonc23)nn1)NCCCCCCO[C@@H]1O[C@H](COS(=O)(=O)O)[C@@H](O[C@H]2O[C@H](COS(=O)(=O)O)[C@@H](O[C@H]3O[C@H](COS(=O)(=O)O)[C@@H](O[C@H]4O[C@H](COS(=O)(=O)O)[C@@H](OS(=O)(=O)O)[C@H](OS(=O)(=O)O)[C@H]4OS(=O)(=O)O)[C@H](OS(=O)(=O)O)[C@H]3OS(=O)(=O)O)[C@H](OS(=O)(=O)O)[C@H]2OS(=O)(=O)O)[C@H](OS(=O)(=O)O)[C@H]1OS(=O)(=O)O. The van der Waals surface area contributed by atoms with Crippen LogP contribution in [0, 0.1) is 10.1 Å². The van der Waals surface area contributed by atoms with Gasteiger partial charge in [-0.15, -0.1) is 5.10 Å². The van der Waals surface area contributed by atoms with Crippen LogP contribution in [0.25, 0.3) is 11.0 Å². The third kappa shape index (κ3) is 42.2. The molecule has 782 valence electrons. The van der Waals surface area contributed by atoms with E-state index in [1.165, 1.54) is 12.1 Å². The predicted octanol–water partition coefficient (Wildman–Crippen LogP) is -6.44. The summed E-state index contributed by atoms with van der Waals surface area (Å²) in [6.45, 7) is -8.92. The van der Waals surface area contributed by atoms with Gasteiger partial charge in [0.15, 0.2) is 55.1 Å². The van der Waals surface area contributed by atoms with E-state index in [2.05, 4.69) is 90.3 Å². The van der Waals surface area contributed by atoms with Crippen LogP contribution < -0.4 is 10.6 Å². The van der Waals surface area contributed by atoms with Gasteiger partial charge in [0.25, 0.3) is 0 Å². The van der Waals surface area contributed by atoms with E-state index in [1.54, 1.807) is 10.9 Å². The molecule has 4 aliphatic heterocycles. The quantitative estimate of drug-likeness (QED) is 0.0108. The maximum Gasteiger partial charge on any atom is 0.397 e. The Kier molecular flexibility index (Phi) is 41.4. The zero-order valence-electron chi connectivity index (χ0n) is 66.8. The number of amides is 1. The third-order valence-corrected chi connectivity index (χ3v) is 23.6. The second kappa shape index (κ2) is 48.0. The van der Waals surface area contributed by atoms with Crippen molar-refractivity contribution in [3.8, 4) is 0 Å². The zero-order valence-corrected chi connectivity index (χ0v) is 77.4.